The van der Waals surface area contributed by atoms with Crippen LogP contribution in [0.15, 0.2) is 47.5 Å². The van der Waals surface area contributed by atoms with E-state index in [4.69, 9.17) is 10.5 Å². The molecule has 11 heteroatoms. The van der Waals surface area contributed by atoms with E-state index in [1.54, 1.807) is 11.0 Å². The van der Waals surface area contributed by atoms with Gasteiger partial charge >= 0.3 is 12.5 Å². The highest BCUT2D eigenvalue weighted by Crippen LogP contribution is 2.31. The lowest BCUT2D eigenvalue weighted by atomic mass is 9.89. The van der Waals surface area contributed by atoms with Gasteiger partial charge in [-0.2, -0.15) is 0 Å². The standard InChI is InChI=1S/C25H27F3N4O4/c1-24(2,3)36-23(34)31-10-8-15(9-11-31)16-4-6-18-20(12-16)30-14-32(22(18)33)17-5-7-21(19(29)13-17)35-25(26,27)28/h4-7,12-15H,8-11,29H2,1-3H3. The molecule has 1 aromatic heterocycles. The van der Waals surface area contributed by atoms with Gasteiger partial charge in [-0.3, -0.25) is 9.36 Å². The zero-order chi connectivity index (χ0) is 26.3. The number of nitrogens with two attached hydrogens (primary N) is 1. The predicted molar refractivity (Wildman–Crippen MR) is 128 cm³/mol. The molecule has 2 aromatic carbocycles. The lowest BCUT2D eigenvalue weighted by Gasteiger charge is -2.33. The van der Waals surface area contributed by atoms with E-state index in [1.807, 2.05) is 32.9 Å². The summed E-state index contributed by atoms with van der Waals surface area (Å²) in [5, 5.41) is 0.363. The molecule has 0 atom stereocenters. The van der Waals surface area contributed by atoms with Crippen molar-refractivity contribution in [3.8, 4) is 11.4 Å². The average Bonchev–Trinajstić information content (AvgIpc) is 2.79. The van der Waals surface area contributed by atoms with E-state index in [9.17, 15) is 22.8 Å². The molecule has 2 heterocycles. The van der Waals surface area contributed by atoms with Crippen molar-refractivity contribution in [1.82, 2.24) is 14.5 Å². The largest absolute Gasteiger partial charge is 0.573 e. The molecule has 1 amide bonds. The van der Waals surface area contributed by atoms with Crippen LogP contribution in [-0.4, -0.2) is 45.6 Å². The molecule has 192 valence electrons. The highest BCUT2D eigenvalue weighted by Gasteiger charge is 2.32. The number of nitrogens with zero attached hydrogens (tertiary/aromatic N) is 3. The summed E-state index contributed by atoms with van der Waals surface area (Å²) in [6.45, 7) is 6.64. The van der Waals surface area contributed by atoms with Gasteiger partial charge in [0.1, 0.15) is 11.9 Å². The minimum atomic E-state index is -4.87. The Kier molecular flexibility index (Phi) is 6.59. The van der Waals surface area contributed by atoms with E-state index >= 15 is 0 Å². The number of benzene rings is 2. The Morgan fingerprint density at radius 1 is 1.08 bits per heavy atom. The van der Waals surface area contributed by atoms with Crippen LogP contribution < -0.4 is 16.0 Å². The fourth-order valence-corrected chi connectivity index (χ4v) is 4.20. The maximum absolute atomic E-state index is 13.1. The van der Waals surface area contributed by atoms with Crippen molar-refractivity contribution in [3.05, 3.63) is 58.6 Å². The first kappa shape index (κ1) is 25.3. The monoisotopic (exact) mass is 504 g/mol. The number of ether oxygens (including phenoxy) is 2. The van der Waals surface area contributed by atoms with Crippen molar-refractivity contribution in [1.29, 1.82) is 0 Å². The summed E-state index contributed by atoms with van der Waals surface area (Å²) in [4.78, 5) is 31.5. The van der Waals surface area contributed by atoms with E-state index in [2.05, 4.69) is 9.72 Å². The highest BCUT2D eigenvalue weighted by atomic mass is 19.4. The van der Waals surface area contributed by atoms with Gasteiger partial charge < -0.3 is 20.1 Å². The number of rotatable bonds is 3. The van der Waals surface area contributed by atoms with Crippen LogP contribution in [-0.2, 0) is 4.74 Å². The molecule has 1 fully saturated rings. The number of piperidine rings is 1. The normalized spacial score (nSPS) is 15.2. The number of anilines is 1. The molecule has 0 spiro atoms. The van der Waals surface area contributed by atoms with Gasteiger partial charge in [-0.1, -0.05) is 6.07 Å². The second kappa shape index (κ2) is 9.36. The van der Waals surface area contributed by atoms with Gasteiger partial charge in [-0.15, -0.1) is 13.2 Å². The van der Waals surface area contributed by atoms with Crippen LogP contribution in [0.25, 0.3) is 16.6 Å². The summed E-state index contributed by atoms with van der Waals surface area (Å²) in [6, 6.07) is 9.02. The van der Waals surface area contributed by atoms with Crippen molar-refractivity contribution < 1.29 is 27.4 Å². The van der Waals surface area contributed by atoms with Crippen LogP contribution in [0.2, 0.25) is 0 Å². The number of hydrogen-bond acceptors (Lipinski definition) is 6. The number of halogens is 3. The Bertz CT molecular complexity index is 1340. The van der Waals surface area contributed by atoms with Crippen molar-refractivity contribution in [2.24, 2.45) is 0 Å². The number of aromatic nitrogens is 2. The van der Waals surface area contributed by atoms with E-state index in [0.717, 1.165) is 24.5 Å². The van der Waals surface area contributed by atoms with Crippen LogP contribution in [0.1, 0.15) is 45.1 Å². The van der Waals surface area contributed by atoms with Gasteiger partial charge in [0, 0.05) is 13.1 Å². The number of hydrogen-bond donors (Lipinski definition) is 1. The third kappa shape index (κ3) is 5.72. The minimum Gasteiger partial charge on any atom is -0.444 e. The van der Waals surface area contributed by atoms with Crippen LogP contribution in [0.4, 0.5) is 23.7 Å². The molecule has 0 aliphatic carbocycles. The van der Waals surface area contributed by atoms with Crippen LogP contribution >= 0.6 is 0 Å². The first-order valence-electron chi connectivity index (χ1n) is 11.5. The quantitative estimate of drug-likeness (QED) is 0.505. The molecule has 8 nitrogen and oxygen atoms in total. The summed E-state index contributed by atoms with van der Waals surface area (Å²) < 4.78 is 48.0. The van der Waals surface area contributed by atoms with Crippen molar-refractivity contribution in [3.63, 3.8) is 0 Å². The smallest absolute Gasteiger partial charge is 0.444 e. The molecule has 4 rings (SSSR count). The third-order valence-electron chi connectivity index (χ3n) is 5.90. The zero-order valence-corrected chi connectivity index (χ0v) is 20.1. The Labute approximate surface area is 205 Å². The van der Waals surface area contributed by atoms with Crippen LogP contribution in [0.3, 0.4) is 0 Å². The fraction of sp³-hybridized carbons (Fsp3) is 0.400. The summed E-state index contributed by atoms with van der Waals surface area (Å²) in [5.74, 6) is -0.339. The first-order chi connectivity index (χ1) is 16.8. The Morgan fingerprint density at radius 3 is 2.39 bits per heavy atom. The predicted octanol–water partition coefficient (Wildman–Crippen LogP) is 4.98. The topological polar surface area (TPSA) is 99.7 Å². The number of amides is 1. The third-order valence-corrected chi connectivity index (χ3v) is 5.90. The van der Waals surface area contributed by atoms with E-state index in [1.165, 1.54) is 23.0 Å². The van der Waals surface area contributed by atoms with Crippen LogP contribution in [0, 0.1) is 0 Å². The molecular weight excluding hydrogens is 477 g/mol. The molecule has 1 saturated heterocycles. The molecular formula is C25H27F3N4O4. The van der Waals surface area contributed by atoms with Crippen molar-refractivity contribution >= 4 is 22.7 Å². The minimum absolute atomic E-state index is 0.207. The zero-order valence-electron chi connectivity index (χ0n) is 20.1. The number of carbonyl (C=O) groups is 1. The maximum Gasteiger partial charge on any atom is 0.573 e. The number of alkyl halides is 3. The second-order valence-corrected chi connectivity index (χ2v) is 9.71. The lowest BCUT2D eigenvalue weighted by molar-refractivity contribution is -0.274. The van der Waals surface area contributed by atoms with Crippen molar-refractivity contribution in [2.75, 3.05) is 18.8 Å². The number of carbonyl (C=O) groups excluding carboxylic acids is 1. The first-order valence-corrected chi connectivity index (χ1v) is 11.5. The van der Waals surface area contributed by atoms with Gasteiger partial charge in [-0.05, 0) is 75.4 Å². The van der Waals surface area contributed by atoms with Gasteiger partial charge in [0.2, 0.25) is 0 Å². The summed E-state index contributed by atoms with van der Waals surface area (Å²) in [5.41, 5.74) is 6.31. The average molecular weight is 505 g/mol. The fourth-order valence-electron chi connectivity index (χ4n) is 4.20. The Balaban J connectivity index is 1.52. The summed E-state index contributed by atoms with van der Waals surface area (Å²) in [7, 11) is 0. The highest BCUT2D eigenvalue weighted by molar-refractivity contribution is 5.78. The van der Waals surface area contributed by atoms with Gasteiger partial charge in [-0.25, -0.2) is 9.78 Å². The van der Waals surface area contributed by atoms with E-state index in [0.29, 0.717) is 24.0 Å². The Hall–Kier alpha value is -3.76. The summed E-state index contributed by atoms with van der Waals surface area (Å²) in [6.07, 6.45) is -2.36. The molecule has 3 aromatic rings. The maximum atomic E-state index is 13.1. The molecule has 0 unspecified atom stereocenters. The van der Waals surface area contributed by atoms with Crippen molar-refractivity contribution in [2.45, 2.75) is 51.5 Å². The Morgan fingerprint density at radius 2 is 1.78 bits per heavy atom. The molecule has 1 aliphatic rings. The van der Waals surface area contributed by atoms with Crippen LogP contribution in [0.5, 0.6) is 5.75 Å². The number of fused-ring (bicyclic) bond motifs is 1. The van der Waals surface area contributed by atoms with Gasteiger partial charge in [0.05, 0.1) is 22.3 Å². The number of nitrogen functional groups attached to an aromatic ring is 1. The lowest BCUT2D eigenvalue weighted by Crippen LogP contribution is -2.41. The number of likely N-dealkylation sites (tertiary alicyclic amines) is 1. The molecule has 36 heavy (non-hydrogen) atoms. The SMILES string of the molecule is CC(C)(C)OC(=O)N1CCC(c2ccc3c(=O)n(-c4ccc(OC(F)(F)F)c(N)c4)cnc3c2)CC1. The van der Waals surface area contributed by atoms with E-state index in [-0.39, 0.29) is 28.9 Å². The molecule has 0 radical (unpaired) electrons. The van der Waals surface area contributed by atoms with E-state index < -0.39 is 17.7 Å². The summed E-state index contributed by atoms with van der Waals surface area (Å²) >= 11 is 0. The molecule has 0 saturated carbocycles. The van der Waals surface area contributed by atoms with Gasteiger partial charge in [0.15, 0.2) is 5.75 Å². The molecule has 0 bridgehead atoms. The molecule has 1 aliphatic heterocycles. The van der Waals surface area contributed by atoms with Gasteiger partial charge in [0.25, 0.3) is 5.56 Å². The molecule has 2 N–H and O–H groups in total. The second-order valence-electron chi connectivity index (χ2n) is 9.71.